The van der Waals surface area contributed by atoms with Crippen LogP contribution < -0.4 is 0 Å². The zero-order valence-electron chi connectivity index (χ0n) is 12.9. The lowest BCUT2D eigenvalue weighted by atomic mass is 9.61. The molecule has 0 bridgehead atoms. The fourth-order valence-electron chi connectivity index (χ4n) is 3.92. The summed E-state index contributed by atoms with van der Waals surface area (Å²) < 4.78 is 0. The van der Waals surface area contributed by atoms with E-state index < -0.39 is 6.10 Å². The van der Waals surface area contributed by atoms with Crippen molar-refractivity contribution in [2.24, 2.45) is 5.41 Å². The van der Waals surface area contributed by atoms with E-state index in [0.717, 1.165) is 42.4 Å². The minimum atomic E-state index is -0.433. The Balaban J connectivity index is 2.07. The first-order valence-corrected chi connectivity index (χ1v) is 8.49. The van der Waals surface area contributed by atoms with E-state index in [1.807, 2.05) is 6.92 Å². The van der Waals surface area contributed by atoms with Crippen molar-refractivity contribution in [2.45, 2.75) is 52.6 Å². The van der Waals surface area contributed by atoms with Crippen LogP contribution in [0.25, 0.3) is 6.08 Å². The van der Waals surface area contributed by atoms with Crippen LogP contribution in [0.1, 0.15) is 50.0 Å². The van der Waals surface area contributed by atoms with Gasteiger partial charge in [0.05, 0.1) is 6.10 Å². The maximum atomic E-state index is 12.7. The highest BCUT2D eigenvalue weighted by Crippen LogP contribution is 2.50. The molecule has 0 aliphatic heterocycles. The number of rotatable bonds is 1. The number of hydrogen-bond acceptors (Lipinski definition) is 3. The third-order valence-electron chi connectivity index (χ3n) is 5.01. The summed E-state index contributed by atoms with van der Waals surface area (Å²) in [6, 6.07) is 2.09. The van der Waals surface area contributed by atoms with Crippen molar-refractivity contribution in [2.75, 3.05) is 0 Å². The van der Waals surface area contributed by atoms with Gasteiger partial charge in [0, 0.05) is 10.5 Å². The number of hydrogen-bond donors (Lipinski definition) is 1. The standard InChI is InChI=1S/C18H22O2S/c1-11-6-8-21-15(11)9-13-10-18(3)7-4-5-14(19)16(18)12(2)17(13)20/h6,8-9,14,19H,4-5,7,10H2,1-3H3/b13-9+/t14-,18-/m0/s1. The largest absolute Gasteiger partial charge is 0.389 e. The van der Waals surface area contributed by atoms with Crippen LogP contribution in [0.3, 0.4) is 0 Å². The highest BCUT2D eigenvalue weighted by atomic mass is 32.1. The maximum Gasteiger partial charge on any atom is 0.184 e. The van der Waals surface area contributed by atoms with E-state index in [1.165, 1.54) is 10.4 Å². The molecule has 1 heterocycles. The van der Waals surface area contributed by atoms with Crippen LogP contribution in [0.15, 0.2) is 28.2 Å². The van der Waals surface area contributed by atoms with Gasteiger partial charge in [-0.2, -0.15) is 0 Å². The van der Waals surface area contributed by atoms with Gasteiger partial charge in [0.25, 0.3) is 0 Å². The van der Waals surface area contributed by atoms with Gasteiger partial charge in [-0.15, -0.1) is 11.3 Å². The number of ketones is 1. The Morgan fingerprint density at radius 1 is 1.43 bits per heavy atom. The third-order valence-corrected chi connectivity index (χ3v) is 5.98. The van der Waals surface area contributed by atoms with E-state index in [-0.39, 0.29) is 11.2 Å². The molecule has 0 amide bonds. The van der Waals surface area contributed by atoms with Gasteiger partial charge < -0.3 is 5.11 Å². The predicted octanol–water partition coefficient (Wildman–Crippen LogP) is 4.28. The third kappa shape index (κ3) is 2.43. The number of carbonyl (C=O) groups is 1. The van der Waals surface area contributed by atoms with Crippen molar-refractivity contribution in [3.8, 4) is 0 Å². The predicted molar refractivity (Wildman–Crippen MR) is 87.3 cm³/mol. The topological polar surface area (TPSA) is 37.3 Å². The van der Waals surface area contributed by atoms with E-state index >= 15 is 0 Å². The summed E-state index contributed by atoms with van der Waals surface area (Å²) in [5.74, 6) is 0.122. The first-order valence-electron chi connectivity index (χ1n) is 7.61. The molecule has 1 aromatic heterocycles. The normalized spacial score (nSPS) is 31.7. The molecule has 1 saturated carbocycles. The molecule has 0 spiro atoms. The average Bonchev–Trinajstić information content (AvgIpc) is 2.81. The summed E-state index contributed by atoms with van der Waals surface area (Å²) in [5.41, 5.74) is 3.85. The van der Waals surface area contributed by atoms with Gasteiger partial charge in [-0.25, -0.2) is 0 Å². The number of aliphatic hydroxyl groups is 1. The zero-order valence-corrected chi connectivity index (χ0v) is 13.7. The first-order chi connectivity index (χ1) is 9.92. The summed E-state index contributed by atoms with van der Waals surface area (Å²) in [4.78, 5) is 13.8. The molecule has 112 valence electrons. The Hall–Kier alpha value is -1.19. The number of carbonyl (C=O) groups excluding carboxylic acids is 1. The van der Waals surface area contributed by atoms with E-state index in [0.29, 0.717) is 0 Å². The van der Waals surface area contributed by atoms with Gasteiger partial charge in [-0.3, -0.25) is 4.79 Å². The highest BCUT2D eigenvalue weighted by Gasteiger charge is 2.43. The lowest BCUT2D eigenvalue weighted by molar-refractivity contribution is -0.113. The van der Waals surface area contributed by atoms with Crippen molar-refractivity contribution in [3.05, 3.63) is 38.6 Å². The van der Waals surface area contributed by atoms with Crippen LogP contribution in [0, 0.1) is 12.3 Å². The molecule has 2 atom stereocenters. The van der Waals surface area contributed by atoms with Crippen molar-refractivity contribution in [1.29, 1.82) is 0 Å². The van der Waals surface area contributed by atoms with E-state index in [2.05, 4.69) is 31.4 Å². The molecule has 0 radical (unpaired) electrons. The van der Waals surface area contributed by atoms with Crippen LogP contribution in [0.2, 0.25) is 0 Å². The van der Waals surface area contributed by atoms with Crippen molar-refractivity contribution in [3.63, 3.8) is 0 Å². The van der Waals surface area contributed by atoms with Crippen molar-refractivity contribution >= 4 is 23.2 Å². The van der Waals surface area contributed by atoms with E-state index in [1.54, 1.807) is 11.3 Å². The van der Waals surface area contributed by atoms with Gasteiger partial charge in [0.15, 0.2) is 5.78 Å². The van der Waals surface area contributed by atoms with Crippen molar-refractivity contribution in [1.82, 2.24) is 0 Å². The molecule has 3 heteroatoms. The summed E-state index contributed by atoms with van der Waals surface area (Å²) in [7, 11) is 0. The quantitative estimate of drug-likeness (QED) is 0.786. The second-order valence-electron chi connectivity index (χ2n) is 6.65. The molecule has 2 nitrogen and oxygen atoms in total. The summed E-state index contributed by atoms with van der Waals surface area (Å²) in [6.45, 7) is 6.17. The van der Waals surface area contributed by atoms with Crippen LogP contribution in [-0.2, 0) is 4.79 Å². The number of aryl methyl sites for hydroxylation is 1. The smallest absolute Gasteiger partial charge is 0.184 e. The SMILES string of the molecule is CC1=C2[C@@H](O)CCC[C@@]2(C)C/C(=C\c2sccc2C)C1=O. The molecule has 0 saturated heterocycles. The monoisotopic (exact) mass is 302 g/mol. The minimum absolute atomic E-state index is 0.0490. The molecule has 3 rings (SSSR count). The maximum absolute atomic E-state index is 12.7. The number of Topliss-reactive ketones (excluding diaryl/α,β-unsaturated/α-hetero) is 1. The number of fused-ring (bicyclic) bond motifs is 1. The second-order valence-corrected chi connectivity index (χ2v) is 7.60. The molecule has 21 heavy (non-hydrogen) atoms. The number of aliphatic hydroxyl groups excluding tert-OH is 1. The minimum Gasteiger partial charge on any atom is -0.389 e. The lowest BCUT2D eigenvalue weighted by Crippen LogP contribution is -2.38. The van der Waals surface area contributed by atoms with Crippen LogP contribution >= 0.6 is 11.3 Å². The van der Waals surface area contributed by atoms with Gasteiger partial charge >= 0.3 is 0 Å². The van der Waals surface area contributed by atoms with Gasteiger partial charge in [0.1, 0.15) is 0 Å². The number of allylic oxidation sites excluding steroid dienone is 2. The fourth-order valence-corrected chi connectivity index (χ4v) is 4.81. The van der Waals surface area contributed by atoms with Crippen LogP contribution in [0.4, 0.5) is 0 Å². The molecule has 2 aliphatic carbocycles. The second kappa shape index (κ2) is 5.22. The van der Waals surface area contributed by atoms with Crippen LogP contribution in [0.5, 0.6) is 0 Å². The molecule has 2 aliphatic rings. The zero-order chi connectivity index (χ0) is 15.2. The van der Waals surface area contributed by atoms with Crippen molar-refractivity contribution < 1.29 is 9.90 Å². The average molecular weight is 302 g/mol. The molecular weight excluding hydrogens is 280 g/mol. The molecule has 1 aromatic rings. The number of thiophene rings is 1. The molecule has 1 fully saturated rings. The van der Waals surface area contributed by atoms with Gasteiger partial charge in [-0.1, -0.05) is 6.92 Å². The molecular formula is C18H22O2S. The Morgan fingerprint density at radius 2 is 2.19 bits per heavy atom. The molecule has 1 N–H and O–H groups in total. The first kappa shape index (κ1) is 14.7. The van der Waals surface area contributed by atoms with E-state index in [9.17, 15) is 9.90 Å². The van der Waals surface area contributed by atoms with E-state index in [4.69, 9.17) is 0 Å². The molecule has 0 unspecified atom stereocenters. The fraction of sp³-hybridized carbons (Fsp3) is 0.500. The summed E-state index contributed by atoms with van der Waals surface area (Å²) >= 11 is 1.68. The van der Waals surface area contributed by atoms with Gasteiger partial charge in [0.2, 0.25) is 0 Å². The Morgan fingerprint density at radius 3 is 2.86 bits per heavy atom. The summed E-state index contributed by atoms with van der Waals surface area (Å²) in [5, 5.41) is 12.4. The van der Waals surface area contributed by atoms with Gasteiger partial charge in [-0.05, 0) is 79.2 Å². The molecule has 0 aromatic carbocycles. The Labute approximate surface area is 130 Å². The van der Waals surface area contributed by atoms with Crippen LogP contribution in [-0.4, -0.2) is 17.0 Å². The Kier molecular flexibility index (Phi) is 3.66. The Bertz CT molecular complexity index is 650. The highest BCUT2D eigenvalue weighted by molar-refractivity contribution is 7.11. The summed E-state index contributed by atoms with van der Waals surface area (Å²) in [6.07, 6.45) is 5.27. The lowest BCUT2D eigenvalue weighted by Gasteiger charge is -2.44.